The van der Waals surface area contributed by atoms with Crippen molar-refractivity contribution in [2.45, 2.75) is 24.3 Å². The van der Waals surface area contributed by atoms with Crippen molar-refractivity contribution in [3.8, 4) is 11.5 Å². The molecule has 3 aromatic carbocycles. The quantitative estimate of drug-likeness (QED) is 0.472. The second-order valence-electron chi connectivity index (χ2n) is 7.44. The number of aliphatic hydroxyl groups is 1. The Labute approximate surface area is 175 Å². The largest absolute Gasteiger partial charge is 0.436 e. The number of oxazole rings is 1. The summed E-state index contributed by atoms with van der Waals surface area (Å²) in [7, 11) is -3.00. The van der Waals surface area contributed by atoms with E-state index in [1.54, 1.807) is 56.3 Å². The minimum absolute atomic E-state index is 0.370. The van der Waals surface area contributed by atoms with E-state index in [9.17, 15) is 13.5 Å². The summed E-state index contributed by atoms with van der Waals surface area (Å²) in [5.74, 6) is 0.549. The SMILES string of the molecule is CC(C)(O)c1cc2oc(-c3ccccc3)nc2cc1N.CS(=O)(=O)c1ccccc1. The van der Waals surface area contributed by atoms with Crippen LogP contribution >= 0.6 is 0 Å². The van der Waals surface area contributed by atoms with E-state index < -0.39 is 15.4 Å². The van der Waals surface area contributed by atoms with Gasteiger partial charge in [-0.1, -0.05) is 36.4 Å². The van der Waals surface area contributed by atoms with E-state index >= 15 is 0 Å². The molecule has 156 valence electrons. The average molecular weight is 425 g/mol. The van der Waals surface area contributed by atoms with Gasteiger partial charge in [-0.05, 0) is 50.2 Å². The molecule has 0 saturated heterocycles. The van der Waals surface area contributed by atoms with Crippen molar-refractivity contribution < 1.29 is 17.9 Å². The van der Waals surface area contributed by atoms with Gasteiger partial charge in [-0.15, -0.1) is 0 Å². The third-order valence-electron chi connectivity index (χ3n) is 4.41. The van der Waals surface area contributed by atoms with Crippen molar-refractivity contribution in [2.24, 2.45) is 0 Å². The van der Waals surface area contributed by atoms with Crippen LogP contribution < -0.4 is 5.73 Å². The molecule has 6 nitrogen and oxygen atoms in total. The van der Waals surface area contributed by atoms with Gasteiger partial charge in [0.1, 0.15) is 5.52 Å². The summed E-state index contributed by atoms with van der Waals surface area (Å²) in [4.78, 5) is 4.81. The maximum Gasteiger partial charge on any atom is 0.227 e. The Balaban J connectivity index is 0.000000216. The van der Waals surface area contributed by atoms with Gasteiger partial charge in [-0.2, -0.15) is 0 Å². The number of nitrogens with two attached hydrogens (primary N) is 1. The summed E-state index contributed by atoms with van der Waals surface area (Å²) in [6.07, 6.45) is 1.20. The molecule has 0 fully saturated rings. The predicted molar refractivity (Wildman–Crippen MR) is 119 cm³/mol. The Morgan fingerprint density at radius 1 is 0.967 bits per heavy atom. The lowest BCUT2D eigenvalue weighted by molar-refractivity contribution is 0.0794. The predicted octanol–water partition coefficient (Wildman–Crippen LogP) is 4.39. The van der Waals surface area contributed by atoms with Gasteiger partial charge in [-0.25, -0.2) is 13.4 Å². The summed E-state index contributed by atoms with van der Waals surface area (Å²) < 4.78 is 27.4. The van der Waals surface area contributed by atoms with E-state index in [-0.39, 0.29) is 0 Å². The van der Waals surface area contributed by atoms with Crippen LogP contribution in [0.3, 0.4) is 0 Å². The molecule has 0 spiro atoms. The molecule has 0 bridgehead atoms. The standard InChI is InChI=1S/C16H16N2O2.C7H8O2S/c1-16(2,19)11-8-14-13(9-12(11)17)18-15(20-14)10-6-4-3-5-7-10;1-10(8,9)7-5-3-2-4-6-7/h3-9,19H,17H2,1-2H3;2-6H,1H3. The van der Waals surface area contributed by atoms with Crippen LogP contribution in [0.4, 0.5) is 5.69 Å². The van der Waals surface area contributed by atoms with Crippen molar-refractivity contribution in [3.05, 3.63) is 78.4 Å². The number of hydrogen-bond acceptors (Lipinski definition) is 6. The van der Waals surface area contributed by atoms with E-state index in [0.717, 1.165) is 5.56 Å². The van der Waals surface area contributed by atoms with Crippen molar-refractivity contribution >= 4 is 26.6 Å². The zero-order chi connectivity index (χ0) is 21.9. The molecule has 7 heteroatoms. The van der Waals surface area contributed by atoms with Gasteiger partial charge < -0.3 is 15.3 Å². The van der Waals surface area contributed by atoms with Gasteiger partial charge in [0.15, 0.2) is 15.4 Å². The second kappa shape index (κ2) is 8.30. The van der Waals surface area contributed by atoms with Crippen LogP contribution in [-0.2, 0) is 15.4 Å². The third kappa shape index (κ3) is 5.06. The maximum absolute atomic E-state index is 10.8. The lowest BCUT2D eigenvalue weighted by Crippen LogP contribution is -2.17. The summed E-state index contributed by atoms with van der Waals surface area (Å²) in [5.41, 5.74) is 8.33. The Bertz CT molecular complexity index is 1240. The number of aromatic nitrogens is 1. The summed E-state index contributed by atoms with van der Waals surface area (Å²) in [5, 5.41) is 10.1. The van der Waals surface area contributed by atoms with Crippen LogP contribution in [0.2, 0.25) is 0 Å². The Morgan fingerprint density at radius 2 is 1.53 bits per heavy atom. The first-order valence-electron chi connectivity index (χ1n) is 9.29. The second-order valence-corrected chi connectivity index (χ2v) is 9.45. The molecular weight excluding hydrogens is 400 g/mol. The molecule has 0 saturated carbocycles. The highest BCUT2D eigenvalue weighted by Crippen LogP contribution is 2.32. The molecule has 0 unspecified atom stereocenters. The zero-order valence-corrected chi connectivity index (χ0v) is 17.8. The molecular formula is C23H24N2O4S. The molecule has 4 rings (SSSR count). The number of benzene rings is 3. The topological polar surface area (TPSA) is 106 Å². The van der Waals surface area contributed by atoms with E-state index in [4.69, 9.17) is 10.2 Å². The fourth-order valence-electron chi connectivity index (χ4n) is 2.89. The summed E-state index contributed by atoms with van der Waals surface area (Å²) in [6.45, 7) is 3.39. The molecule has 0 radical (unpaired) electrons. The third-order valence-corrected chi connectivity index (χ3v) is 5.54. The fraction of sp³-hybridized carbons (Fsp3) is 0.174. The van der Waals surface area contributed by atoms with Gasteiger partial charge in [0, 0.05) is 23.1 Å². The van der Waals surface area contributed by atoms with Crippen LogP contribution in [0.5, 0.6) is 0 Å². The first-order valence-corrected chi connectivity index (χ1v) is 11.2. The molecule has 3 N–H and O–H groups in total. The number of hydrogen-bond donors (Lipinski definition) is 2. The van der Waals surface area contributed by atoms with Gasteiger partial charge in [0.2, 0.25) is 5.89 Å². The van der Waals surface area contributed by atoms with Crippen LogP contribution in [0, 0.1) is 0 Å². The van der Waals surface area contributed by atoms with Crippen LogP contribution in [0.25, 0.3) is 22.6 Å². The zero-order valence-electron chi connectivity index (χ0n) is 17.0. The van der Waals surface area contributed by atoms with Crippen molar-refractivity contribution in [2.75, 3.05) is 12.0 Å². The van der Waals surface area contributed by atoms with E-state index in [2.05, 4.69) is 4.98 Å². The molecule has 1 aromatic heterocycles. The highest BCUT2D eigenvalue weighted by atomic mass is 32.2. The number of sulfone groups is 1. The normalized spacial score (nSPS) is 11.7. The van der Waals surface area contributed by atoms with Crippen LogP contribution in [0.1, 0.15) is 19.4 Å². The fourth-order valence-corrected chi connectivity index (χ4v) is 3.54. The Kier molecular flexibility index (Phi) is 5.96. The van der Waals surface area contributed by atoms with Crippen molar-refractivity contribution in [3.63, 3.8) is 0 Å². The summed E-state index contributed by atoms with van der Waals surface area (Å²) >= 11 is 0. The van der Waals surface area contributed by atoms with Gasteiger partial charge >= 0.3 is 0 Å². The molecule has 0 amide bonds. The molecule has 4 aromatic rings. The minimum atomic E-state index is -3.00. The van der Waals surface area contributed by atoms with Gasteiger partial charge in [-0.3, -0.25) is 0 Å². The van der Waals surface area contributed by atoms with E-state index in [1.807, 2.05) is 30.3 Å². The lowest BCUT2D eigenvalue weighted by Gasteiger charge is -2.19. The molecule has 0 atom stereocenters. The van der Waals surface area contributed by atoms with Crippen LogP contribution in [0.15, 0.2) is 82.1 Å². The Hall–Kier alpha value is -3.16. The van der Waals surface area contributed by atoms with Crippen molar-refractivity contribution in [1.29, 1.82) is 0 Å². The molecule has 0 aliphatic rings. The summed E-state index contributed by atoms with van der Waals surface area (Å²) in [6, 6.07) is 21.5. The first kappa shape index (κ1) is 21.5. The Morgan fingerprint density at radius 3 is 2.03 bits per heavy atom. The molecule has 1 heterocycles. The van der Waals surface area contributed by atoms with E-state index in [1.165, 1.54) is 6.26 Å². The van der Waals surface area contributed by atoms with Gasteiger partial charge in [0.25, 0.3) is 0 Å². The smallest absolute Gasteiger partial charge is 0.227 e. The van der Waals surface area contributed by atoms with Crippen LogP contribution in [-0.4, -0.2) is 24.8 Å². The maximum atomic E-state index is 10.8. The lowest BCUT2D eigenvalue weighted by atomic mass is 9.96. The van der Waals surface area contributed by atoms with Crippen molar-refractivity contribution in [1.82, 2.24) is 4.98 Å². The van der Waals surface area contributed by atoms with E-state index in [0.29, 0.717) is 33.1 Å². The number of anilines is 1. The molecule has 30 heavy (non-hydrogen) atoms. The number of nitrogen functional groups attached to an aromatic ring is 1. The number of rotatable bonds is 3. The monoisotopic (exact) mass is 424 g/mol. The minimum Gasteiger partial charge on any atom is -0.436 e. The van der Waals surface area contributed by atoms with Gasteiger partial charge in [0.05, 0.1) is 10.5 Å². The first-order chi connectivity index (χ1) is 14.1. The highest BCUT2D eigenvalue weighted by Gasteiger charge is 2.21. The highest BCUT2D eigenvalue weighted by molar-refractivity contribution is 7.90. The number of nitrogens with zero attached hydrogens (tertiary/aromatic N) is 1. The molecule has 0 aliphatic carbocycles. The molecule has 0 aliphatic heterocycles. The number of fused-ring (bicyclic) bond motifs is 1. The average Bonchev–Trinajstić information content (AvgIpc) is 3.11.